The van der Waals surface area contributed by atoms with E-state index in [-0.39, 0.29) is 10.9 Å². The van der Waals surface area contributed by atoms with Gasteiger partial charge in [-0.25, -0.2) is 0 Å². The van der Waals surface area contributed by atoms with Crippen LogP contribution in [0.15, 0.2) is 69.1 Å². The fourth-order valence-corrected chi connectivity index (χ4v) is 2.52. The zero-order valence-corrected chi connectivity index (χ0v) is 11.5. The van der Waals surface area contributed by atoms with Crippen molar-refractivity contribution in [2.75, 3.05) is 0 Å². The molecule has 0 saturated carbocycles. The number of para-hydroxylation sites is 1. The van der Waals surface area contributed by atoms with E-state index in [4.69, 9.17) is 4.42 Å². The Morgan fingerprint density at radius 2 is 1.71 bits per heavy atom. The Labute approximate surface area is 124 Å². The number of nitro benzene ring substituents is 1. The molecule has 0 N–H and O–H groups in total. The zero-order valence-electron chi connectivity index (χ0n) is 10.7. The first-order chi connectivity index (χ1) is 10.2. The van der Waals surface area contributed by atoms with Crippen molar-refractivity contribution in [3.63, 3.8) is 0 Å². The summed E-state index contributed by atoms with van der Waals surface area (Å²) >= 11 is 1.08. The lowest BCUT2D eigenvalue weighted by Gasteiger charge is -1.98. The molecule has 1 heterocycles. The van der Waals surface area contributed by atoms with Crippen molar-refractivity contribution >= 4 is 17.4 Å². The first kappa shape index (κ1) is 13.3. The monoisotopic (exact) mass is 299 g/mol. The van der Waals surface area contributed by atoms with Crippen molar-refractivity contribution in [1.82, 2.24) is 10.2 Å². The number of hydrogen-bond donors (Lipinski definition) is 0. The summed E-state index contributed by atoms with van der Waals surface area (Å²) in [6, 6.07) is 15.8. The highest BCUT2D eigenvalue weighted by Crippen LogP contribution is 2.34. The van der Waals surface area contributed by atoms with E-state index in [1.165, 1.54) is 6.07 Å². The summed E-state index contributed by atoms with van der Waals surface area (Å²) in [5, 5.41) is 19.1. The van der Waals surface area contributed by atoms with E-state index in [1.807, 2.05) is 30.3 Å². The predicted molar refractivity (Wildman–Crippen MR) is 77.0 cm³/mol. The van der Waals surface area contributed by atoms with Crippen molar-refractivity contribution < 1.29 is 9.34 Å². The van der Waals surface area contributed by atoms with Crippen LogP contribution in [0.2, 0.25) is 0 Å². The van der Waals surface area contributed by atoms with Crippen LogP contribution in [-0.4, -0.2) is 15.1 Å². The van der Waals surface area contributed by atoms with Gasteiger partial charge in [-0.1, -0.05) is 30.3 Å². The molecule has 0 fully saturated rings. The van der Waals surface area contributed by atoms with Crippen LogP contribution in [0.1, 0.15) is 0 Å². The van der Waals surface area contributed by atoms with Gasteiger partial charge in [0.25, 0.3) is 10.9 Å². The molecule has 3 aromatic rings. The highest BCUT2D eigenvalue weighted by atomic mass is 32.2. The second-order valence-electron chi connectivity index (χ2n) is 4.07. The topological polar surface area (TPSA) is 82.1 Å². The van der Waals surface area contributed by atoms with Gasteiger partial charge in [0, 0.05) is 11.6 Å². The van der Waals surface area contributed by atoms with E-state index in [0.29, 0.717) is 10.8 Å². The van der Waals surface area contributed by atoms with E-state index >= 15 is 0 Å². The summed E-state index contributed by atoms with van der Waals surface area (Å²) in [7, 11) is 0. The average Bonchev–Trinajstić information content (AvgIpc) is 2.97. The summed E-state index contributed by atoms with van der Waals surface area (Å²) in [5.41, 5.74) is 0.821. The van der Waals surface area contributed by atoms with Gasteiger partial charge in [0.1, 0.15) is 0 Å². The molecule has 0 aliphatic carbocycles. The number of benzene rings is 2. The molecule has 0 aliphatic rings. The minimum Gasteiger partial charge on any atom is -0.411 e. The van der Waals surface area contributed by atoms with E-state index < -0.39 is 4.92 Å². The Hall–Kier alpha value is -2.67. The second-order valence-corrected chi connectivity index (χ2v) is 5.06. The Balaban J connectivity index is 1.87. The maximum atomic E-state index is 11.0. The summed E-state index contributed by atoms with van der Waals surface area (Å²) in [5.74, 6) is 0.386. The number of nitrogens with zero attached hydrogens (tertiary/aromatic N) is 3. The van der Waals surface area contributed by atoms with Crippen LogP contribution in [0.4, 0.5) is 5.69 Å². The minimum absolute atomic E-state index is 0.0157. The third-order valence-corrected chi connectivity index (χ3v) is 3.59. The predicted octanol–water partition coefficient (Wildman–Crippen LogP) is 3.80. The maximum Gasteiger partial charge on any atom is 0.283 e. The molecule has 3 rings (SSSR count). The molecule has 0 spiro atoms. The normalized spacial score (nSPS) is 10.5. The first-order valence-corrected chi connectivity index (χ1v) is 6.86. The fourth-order valence-electron chi connectivity index (χ4n) is 1.74. The van der Waals surface area contributed by atoms with E-state index in [9.17, 15) is 10.1 Å². The highest BCUT2D eigenvalue weighted by Gasteiger charge is 2.17. The van der Waals surface area contributed by atoms with Crippen LogP contribution in [0, 0.1) is 10.1 Å². The van der Waals surface area contributed by atoms with Gasteiger partial charge in [-0.15, -0.1) is 10.2 Å². The lowest BCUT2D eigenvalue weighted by molar-refractivity contribution is -0.387. The standard InChI is InChI=1S/C14H9N3O3S/c18-17(19)11-8-4-5-9-12(11)21-14-16-15-13(20-14)10-6-2-1-3-7-10/h1-9H. The molecule has 0 amide bonds. The van der Waals surface area contributed by atoms with Gasteiger partial charge < -0.3 is 4.42 Å². The Morgan fingerprint density at radius 1 is 1.00 bits per heavy atom. The van der Waals surface area contributed by atoms with Crippen LogP contribution in [0.5, 0.6) is 0 Å². The number of nitro groups is 1. The quantitative estimate of drug-likeness (QED) is 0.538. The van der Waals surface area contributed by atoms with Gasteiger partial charge in [-0.05, 0) is 30.0 Å². The van der Waals surface area contributed by atoms with Crippen LogP contribution < -0.4 is 0 Å². The molecule has 0 saturated heterocycles. The van der Waals surface area contributed by atoms with Gasteiger partial charge >= 0.3 is 0 Å². The average molecular weight is 299 g/mol. The van der Waals surface area contributed by atoms with Crippen LogP contribution in [0.3, 0.4) is 0 Å². The lowest BCUT2D eigenvalue weighted by atomic mass is 10.2. The highest BCUT2D eigenvalue weighted by molar-refractivity contribution is 7.99. The van der Waals surface area contributed by atoms with Crippen molar-refractivity contribution in [2.24, 2.45) is 0 Å². The number of aromatic nitrogens is 2. The van der Waals surface area contributed by atoms with Gasteiger partial charge in [-0.2, -0.15) is 0 Å². The van der Waals surface area contributed by atoms with Crippen molar-refractivity contribution in [1.29, 1.82) is 0 Å². The number of rotatable bonds is 4. The Morgan fingerprint density at radius 3 is 2.48 bits per heavy atom. The molecule has 21 heavy (non-hydrogen) atoms. The van der Waals surface area contributed by atoms with E-state index in [2.05, 4.69) is 10.2 Å². The molecule has 7 heteroatoms. The van der Waals surface area contributed by atoms with Gasteiger partial charge in [0.15, 0.2) is 0 Å². The van der Waals surface area contributed by atoms with Crippen molar-refractivity contribution in [2.45, 2.75) is 10.1 Å². The molecule has 0 radical (unpaired) electrons. The summed E-state index contributed by atoms with van der Waals surface area (Å²) in [6.07, 6.45) is 0. The zero-order chi connectivity index (χ0) is 14.7. The van der Waals surface area contributed by atoms with E-state index in [0.717, 1.165) is 17.3 Å². The molecule has 1 aromatic heterocycles. The molecule has 6 nitrogen and oxygen atoms in total. The summed E-state index contributed by atoms with van der Waals surface area (Å²) in [6.45, 7) is 0. The maximum absolute atomic E-state index is 11.0. The SMILES string of the molecule is O=[N+]([O-])c1ccccc1Sc1nnc(-c2ccccc2)o1. The molecular formula is C14H9N3O3S. The molecule has 104 valence electrons. The fraction of sp³-hybridized carbons (Fsp3) is 0. The first-order valence-electron chi connectivity index (χ1n) is 6.04. The lowest BCUT2D eigenvalue weighted by Crippen LogP contribution is -1.89. The number of hydrogen-bond acceptors (Lipinski definition) is 6. The van der Waals surface area contributed by atoms with Crippen LogP contribution >= 0.6 is 11.8 Å². The third kappa shape index (κ3) is 2.92. The minimum atomic E-state index is -0.434. The molecule has 0 bridgehead atoms. The van der Waals surface area contributed by atoms with Crippen molar-refractivity contribution in [3.8, 4) is 11.5 Å². The summed E-state index contributed by atoms with van der Waals surface area (Å²) in [4.78, 5) is 11.0. The van der Waals surface area contributed by atoms with Crippen LogP contribution in [0.25, 0.3) is 11.5 Å². The molecule has 0 atom stereocenters. The van der Waals surface area contributed by atoms with Crippen molar-refractivity contribution in [3.05, 3.63) is 64.7 Å². The third-order valence-electron chi connectivity index (χ3n) is 2.69. The Bertz CT molecular complexity index is 774. The molecule has 2 aromatic carbocycles. The molecule has 0 unspecified atom stereocenters. The molecular weight excluding hydrogens is 290 g/mol. The Kier molecular flexibility index (Phi) is 3.65. The van der Waals surface area contributed by atoms with E-state index in [1.54, 1.807) is 18.2 Å². The summed E-state index contributed by atoms with van der Waals surface area (Å²) < 4.78 is 5.53. The van der Waals surface area contributed by atoms with Crippen LogP contribution in [-0.2, 0) is 0 Å². The molecule has 0 aliphatic heterocycles. The largest absolute Gasteiger partial charge is 0.411 e. The van der Waals surface area contributed by atoms with Gasteiger partial charge in [0.05, 0.1) is 9.82 Å². The van der Waals surface area contributed by atoms with Gasteiger partial charge in [0.2, 0.25) is 5.89 Å². The second kappa shape index (κ2) is 5.76. The smallest absolute Gasteiger partial charge is 0.283 e. The van der Waals surface area contributed by atoms with Gasteiger partial charge in [-0.3, -0.25) is 10.1 Å².